The number of hydrogen-bond acceptors (Lipinski definition) is 8. The van der Waals surface area contributed by atoms with Crippen molar-refractivity contribution < 1.29 is 38.4 Å². The van der Waals surface area contributed by atoms with Gasteiger partial charge < -0.3 is 38.4 Å². The van der Waals surface area contributed by atoms with Crippen LogP contribution in [-0.2, 0) is 0 Å². The van der Waals surface area contributed by atoms with E-state index in [0.29, 0.717) is 0 Å². The summed E-state index contributed by atoms with van der Waals surface area (Å²) in [6, 6.07) is 0. The van der Waals surface area contributed by atoms with Crippen LogP contribution in [-0.4, -0.2) is 66.6 Å². The van der Waals surface area contributed by atoms with Crippen LogP contribution in [0.5, 0.6) is 0 Å². The third-order valence-corrected chi connectivity index (χ3v) is 0. The Kier molecular flexibility index (Phi) is 9.28. The maximum absolute atomic E-state index is 7.33. The molecule has 0 aromatic heterocycles. The zero-order valence-corrected chi connectivity index (χ0v) is 6.58. The van der Waals surface area contributed by atoms with Crippen molar-refractivity contribution in [1.29, 1.82) is 0 Å². The van der Waals surface area contributed by atoms with Crippen molar-refractivity contribution in [2.75, 3.05) is 0 Å². The molecule has 0 amide bonds. The average molecular weight is 203 g/mol. The van der Waals surface area contributed by atoms with Crippen LogP contribution in [0.3, 0.4) is 0 Å². The summed E-state index contributed by atoms with van der Waals surface area (Å²) in [5.41, 5.74) is 0. The van der Waals surface area contributed by atoms with Crippen LogP contribution in [0.25, 0.3) is 0 Å². The Morgan fingerprint density at radius 2 is 0.455 bits per heavy atom. The summed E-state index contributed by atoms with van der Waals surface area (Å²) in [6.45, 7) is 0. The molecule has 8 nitrogen and oxygen atoms in total. The Morgan fingerprint density at radius 3 is 0.455 bits per heavy atom. The quantitative estimate of drug-likeness (QED) is 0.180. The van der Waals surface area contributed by atoms with Gasteiger partial charge in [-0.15, -0.1) is 0 Å². The molecule has 0 aromatic carbocycles. The van der Waals surface area contributed by atoms with Gasteiger partial charge in [0.2, 0.25) is 0 Å². The van der Waals surface area contributed by atoms with Crippen LogP contribution in [0, 0.1) is 0 Å². The second kappa shape index (κ2) is 5.87. The van der Waals surface area contributed by atoms with Crippen LogP contribution in [0.1, 0.15) is 0 Å². The molecule has 11 heteroatoms. The third kappa shape index (κ3) is 8830. The van der Waals surface area contributed by atoms with Gasteiger partial charge in [-0.2, -0.15) is 0 Å². The summed E-state index contributed by atoms with van der Waals surface area (Å²) in [6.07, 6.45) is 0. The summed E-state index contributed by atoms with van der Waals surface area (Å²) in [4.78, 5) is 58.6. The standard InChI is InChI=1S/Be.2H4O4Si.2H/c;2*1-5(2,3)4;;/h;2*1-4H;;. The molecule has 0 aliphatic rings. The molecule has 0 aliphatic carbocycles. The van der Waals surface area contributed by atoms with E-state index < -0.39 is 18.1 Å². The molecule has 0 saturated carbocycles. The fourth-order valence-electron chi connectivity index (χ4n) is 0. The molecular formula is H10BeO8Si2. The van der Waals surface area contributed by atoms with E-state index in [1.807, 2.05) is 0 Å². The number of hydrogen-bond donors (Lipinski definition) is 8. The van der Waals surface area contributed by atoms with Crippen LogP contribution < -0.4 is 0 Å². The van der Waals surface area contributed by atoms with Crippen LogP contribution in [0.15, 0.2) is 0 Å². The Hall–Kier alpha value is 0.283. The zero-order valence-electron chi connectivity index (χ0n) is 4.58. The second-order valence-corrected chi connectivity index (χ2v) is 3.60. The first-order valence-electron chi connectivity index (χ1n) is 1.79. The molecule has 0 heterocycles. The van der Waals surface area contributed by atoms with Crippen LogP contribution in [0.2, 0.25) is 0 Å². The molecule has 0 radical (unpaired) electrons. The van der Waals surface area contributed by atoms with E-state index in [0.717, 1.165) is 0 Å². The van der Waals surface area contributed by atoms with Crippen molar-refractivity contribution in [3.8, 4) is 0 Å². The van der Waals surface area contributed by atoms with Gasteiger partial charge in [0, 0.05) is 0 Å². The summed E-state index contributed by atoms with van der Waals surface area (Å²) in [5, 5.41) is 0. The first-order valence-corrected chi connectivity index (χ1v) is 5.37. The Bertz CT molecular complexity index is 55.1. The minimum absolute atomic E-state index is 0. The first kappa shape index (κ1) is 17.4. The minimum atomic E-state index is -4.61. The molecule has 0 unspecified atom stereocenters. The van der Waals surface area contributed by atoms with E-state index in [2.05, 4.69) is 0 Å². The average Bonchev–Trinajstić information content (AvgIpc) is 1.12. The van der Waals surface area contributed by atoms with Crippen molar-refractivity contribution in [3.05, 3.63) is 0 Å². The SMILES string of the molecule is O[Si](O)(O)O.O[Si](O)(O)O.[BeH2]. The molecule has 11 heavy (non-hydrogen) atoms. The van der Waals surface area contributed by atoms with Crippen LogP contribution >= 0.6 is 0 Å². The molecule has 0 rings (SSSR count). The van der Waals surface area contributed by atoms with Gasteiger partial charge >= 0.3 is 28.2 Å². The Morgan fingerprint density at radius 1 is 0.455 bits per heavy atom. The van der Waals surface area contributed by atoms with Crippen LogP contribution in [0.4, 0.5) is 0 Å². The normalized spacial score (nSPS) is 10.9. The summed E-state index contributed by atoms with van der Waals surface area (Å²) < 4.78 is 0. The van der Waals surface area contributed by atoms with E-state index in [9.17, 15) is 0 Å². The predicted octanol–water partition coefficient (Wildman–Crippen LogP) is -6.13. The first-order chi connectivity index (χ1) is 4.00. The van der Waals surface area contributed by atoms with Crippen molar-refractivity contribution >= 4 is 28.2 Å². The maximum atomic E-state index is 7.33. The molecule has 0 saturated heterocycles. The van der Waals surface area contributed by atoms with Gasteiger partial charge in [0.1, 0.15) is 0 Å². The molecule has 68 valence electrons. The fourth-order valence-corrected chi connectivity index (χ4v) is 0. The van der Waals surface area contributed by atoms with E-state index in [4.69, 9.17) is 38.4 Å². The second-order valence-electron chi connectivity index (χ2n) is 1.20. The molecule has 0 aliphatic heterocycles. The van der Waals surface area contributed by atoms with Gasteiger partial charge in [-0.25, -0.2) is 0 Å². The number of rotatable bonds is 0. The van der Waals surface area contributed by atoms with E-state index in [-0.39, 0.29) is 10.1 Å². The topological polar surface area (TPSA) is 162 Å². The molecule has 0 aromatic rings. The van der Waals surface area contributed by atoms with E-state index >= 15 is 0 Å². The zero-order chi connectivity index (χ0) is 9.00. The molecule has 8 N–H and O–H groups in total. The van der Waals surface area contributed by atoms with Gasteiger partial charge in [0.15, 0.2) is 0 Å². The third-order valence-electron chi connectivity index (χ3n) is 0. The van der Waals surface area contributed by atoms with Crippen molar-refractivity contribution in [1.82, 2.24) is 0 Å². The van der Waals surface area contributed by atoms with Gasteiger partial charge in [0.25, 0.3) is 0 Å². The molecular weight excluding hydrogens is 193 g/mol. The van der Waals surface area contributed by atoms with Gasteiger partial charge in [0.05, 0.1) is 0 Å². The molecule has 0 fully saturated rings. The molecule has 0 atom stereocenters. The molecule has 0 bridgehead atoms. The van der Waals surface area contributed by atoms with Crippen molar-refractivity contribution in [2.24, 2.45) is 0 Å². The summed E-state index contributed by atoms with van der Waals surface area (Å²) in [7, 11) is -9.22. The summed E-state index contributed by atoms with van der Waals surface area (Å²) in [5.74, 6) is 0. The molecule has 0 spiro atoms. The Labute approximate surface area is 67.4 Å². The monoisotopic (exact) mass is 203 g/mol. The van der Waals surface area contributed by atoms with Gasteiger partial charge in [-0.1, -0.05) is 0 Å². The van der Waals surface area contributed by atoms with Crippen molar-refractivity contribution in [3.63, 3.8) is 0 Å². The van der Waals surface area contributed by atoms with Gasteiger partial charge in [-0.05, 0) is 0 Å². The van der Waals surface area contributed by atoms with E-state index in [1.165, 1.54) is 0 Å². The van der Waals surface area contributed by atoms with Crippen molar-refractivity contribution in [2.45, 2.75) is 0 Å². The van der Waals surface area contributed by atoms with Gasteiger partial charge in [-0.3, -0.25) is 0 Å². The van der Waals surface area contributed by atoms with E-state index in [1.54, 1.807) is 0 Å². The predicted molar refractivity (Wildman–Crippen MR) is 37.8 cm³/mol. The summed E-state index contributed by atoms with van der Waals surface area (Å²) >= 11 is 0. The fraction of sp³-hybridized carbons (Fsp3) is 0. The Balaban J connectivity index is -0.000000107.